The molecular formula is C18H29N3. The minimum absolute atomic E-state index is 0.322. The number of pyridine rings is 1. The van der Waals surface area contributed by atoms with Crippen molar-refractivity contribution in [3.05, 3.63) is 24.0 Å². The minimum atomic E-state index is 0.322. The van der Waals surface area contributed by atoms with Crippen molar-refractivity contribution in [3.63, 3.8) is 0 Å². The number of rotatable bonds is 1. The van der Waals surface area contributed by atoms with Crippen LogP contribution in [0, 0.1) is 12.3 Å². The molecule has 1 spiro atoms. The average Bonchev–Trinajstić information content (AvgIpc) is 2.84. The molecule has 3 heteroatoms. The lowest BCUT2D eigenvalue weighted by Crippen LogP contribution is -2.45. The van der Waals surface area contributed by atoms with Crippen molar-refractivity contribution in [2.24, 2.45) is 5.41 Å². The lowest BCUT2D eigenvalue weighted by Gasteiger charge is -2.41. The van der Waals surface area contributed by atoms with Crippen molar-refractivity contribution in [1.29, 1.82) is 0 Å². The molecule has 0 bridgehead atoms. The van der Waals surface area contributed by atoms with Crippen LogP contribution in [-0.4, -0.2) is 41.6 Å². The molecule has 0 aromatic carbocycles. The number of aryl methyl sites for hydroxylation is 1. The molecule has 21 heavy (non-hydrogen) atoms. The van der Waals surface area contributed by atoms with Gasteiger partial charge in [0.2, 0.25) is 0 Å². The first-order valence-electron chi connectivity index (χ1n) is 8.31. The third-order valence-electron chi connectivity index (χ3n) is 5.46. The molecule has 2 aliphatic rings. The molecule has 1 aromatic rings. The Bertz CT molecular complexity index is 495. The van der Waals surface area contributed by atoms with Gasteiger partial charge in [-0.3, -0.25) is 9.88 Å². The van der Waals surface area contributed by atoms with Crippen molar-refractivity contribution in [1.82, 2.24) is 9.88 Å². The Balaban J connectivity index is 1.63. The standard InChI is InChI=1S/C18H29N3/c1-15-13-16(5-9-19-15)20-10-6-18(7-11-20)8-12-21(14-18)17(2,3)4/h5,9,13H,6-8,10-12,14H2,1-4H3. The van der Waals surface area contributed by atoms with Crippen LogP contribution in [0.15, 0.2) is 18.3 Å². The first-order valence-corrected chi connectivity index (χ1v) is 8.31. The molecule has 3 nitrogen and oxygen atoms in total. The molecule has 2 aliphatic heterocycles. The van der Waals surface area contributed by atoms with E-state index >= 15 is 0 Å². The number of hydrogen-bond donors (Lipinski definition) is 0. The highest BCUT2D eigenvalue weighted by atomic mass is 15.2. The fourth-order valence-electron chi connectivity index (χ4n) is 3.88. The summed E-state index contributed by atoms with van der Waals surface area (Å²) in [5.41, 5.74) is 3.37. The third kappa shape index (κ3) is 3.08. The van der Waals surface area contributed by atoms with Gasteiger partial charge in [-0.05, 0) is 71.0 Å². The van der Waals surface area contributed by atoms with Crippen molar-refractivity contribution in [2.45, 2.75) is 52.5 Å². The summed E-state index contributed by atoms with van der Waals surface area (Å²) in [7, 11) is 0. The summed E-state index contributed by atoms with van der Waals surface area (Å²) in [5.74, 6) is 0. The second kappa shape index (κ2) is 5.28. The lowest BCUT2D eigenvalue weighted by molar-refractivity contribution is 0.135. The molecule has 0 radical (unpaired) electrons. The van der Waals surface area contributed by atoms with Gasteiger partial charge in [0, 0.05) is 42.8 Å². The van der Waals surface area contributed by atoms with Gasteiger partial charge in [-0.1, -0.05) is 0 Å². The Morgan fingerprint density at radius 1 is 1.10 bits per heavy atom. The summed E-state index contributed by atoms with van der Waals surface area (Å²) in [5, 5.41) is 0. The zero-order valence-electron chi connectivity index (χ0n) is 14.0. The molecule has 0 unspecified atom stereocenters. The molecule has 0 aliphatic carbocycles. The summed E-state index contributed by atoms with van der Waals surface area (Å²) in [4.78, 5) is 9.53. The van der Waals surface area contributed by atoms with E-state index in [1.54, 1.807) is 0 Å². The van der Waals surface area contributed by atoms with Gasteiger partial charge in [-0.15, -0.1) is 0 Å². The number of nitrogens with zero attached hydrogens (tertiary/aromatic N) is 3. The zero-order valence-corrected chi connectivity index (χ0v) is 14.0. The normalized spacial score (nSPS) is 23.0. The number of anilines is 1. The van der Waals surface area contributed by atoms with E-state index in [9.17, 15) is 0 Å². The number of aromatic nitrogens is 1. The SMILES string of the molecule is Cc1cc(N2CCC3(CC2)CCN(C(C)(C)C)C3)ccn1. The van der Waals surface area contributed by atoms with Crippen LogP contribution in [0.4, 0.5) is 5.69 Å². The summed E-state index contributed by atoms with van der Waals surface area (Å²) >= 11 is 0. The molecule has 0 saturated carbocycles. The van der Waals surface area contributed by atoms with Crippen LogP contribution in [0.1, 0.15) is 45.7 Å². The van der Waals surface area contributed by atoms with E-state index in [2.05, 4.69) is 54.6 Å². The summed E-state index contributed by atoms with van der Waals surface area (Å²) in [6.45, 7) is 14.1. The van der Waals surface area contributed by atoms with Gasteiger partial charge in [0.1, 0.15) is 0 Å². The Morgan fingerprint density at radius 3 is 2.33 bits per heavy atom. The number of likely N-dealkylation sites (tertiary alicyclic amines) is 1. The van der Waals surface area contributed by atoms with E-state index in [0.29, 0.717) is 11.0 Å². The van der Waals surface area contributed by atoms with Gasteiger partial charge >= 0.3 is 0 Å². The topological polar surface area (TPSA) is 19.4 Å². The molecule has 3 heterocycles. The van der Waals surface area contributed by atoms with Crippen LogP contribution >= 0.6 is 0 Å². The maximum atomic E-state index is 4.31. The first kappa shape index (κ1) is 14.8. The maximum Gasteiger partial charge on any atom is 0.0399 e. The van der Waals surface area contributed by atoms with Gasteiger partial charge in [0.15, 0.2) is 0 Å². The van der Waals surface area contributed by atoms with Crippen LogP contribution in [0.3, 0.4) is 0 Å². The predicted octanol–water partition coefficient (Wildman–Crippen LogP) is 3.48. The summed E-state index contributed by atoms with van der Waals surface area (Å²) in [6.07, 6.45) is 5.99. The van der Waals surface area contributed by atoms with E-state index in [1.165, 1.54) is 51.1 Å². The summed E-state index contributed by atoms with van der Waals surface area (Å²) < 4.78 is 0. The van der Waals surface area contributed by atoms with Gasteiger partial charge in [-0.25, -0.2) is 0 Å². The van der Waals surface area contributed by atoms with E-state index in [-0.39, 0.29) is 0 Å². The van der Waals surface area contributed by atoms with Gasteiger partial charge in [-0.2, -0.15) is 0 Å². The summed E-state index contributed by atoms with van der Waals surface area (Å²) in [6, 6.07) is 4.37. The Morgan fingerprint density at radius 2 is 1.76 bits per heavy atom. The highest BCUT2D eigenvalue weighted by molar-refractivity contribution is 5.46. The molecule has 2 saturated heterocycles. The largest absolute Gasteiger partial charge is 0.371 e. The van der Waals surface area contributed by atoms with E-state index in [4.69, 9.17) is 0 Å². The number of piperidine rings is 1. The number of hydrogen-bond acceptors (Lipinski definition) is 3. The molecular weight excluding hydrogens is 258 g/mol. The highest BCUT2D eigenvalue weighted by Gasteiger charge is 2.43. The van der Waals surface area contributed by atoms with Crippen LogP contribution < -0.4 is 4.90 Å². The first-order chi connectivity index (χ1) is 9.88. The second-order valence-corrected chi connectivity index (χ2v) is 7.98. The minimum Gasteiger partial charge on any atom is -0.371 e. The quantitative estimate of drug-likeness (QED) is 0.788. The van der Waals surface area contributed by atoms with Crippen LogP contribution in [0.5, 0.6) is 0 Å². The van der Waals surface area contributed by atoms with Crippen molar-refractivity contribution in [2.75, 3.05) is 31.1 Å². The van der Waals surface area contributed by atoms with Crippen molar-refractivity contribution in [3.8, 4) is 0 Å². The van der Waals surface area contributed by atoms with Crippen LogP contribution in [0.25, 0.3) is 0 Å². The van der Waals surface area contributed by atoms with Gasteiger partial charge < -0.3 is 4.90 Å². The van der Waals surface area contributed by atoms with E-state index < -0.39 is 0 Å². The molecule has 0 N–H and O–H groups in total. The molecule has 1 aromatic heterocycles. The Kier molecular flexibility index (Phi) is 3.73. The fraction of sp³-hybridized carbons (Fsp3) is 0.722. The van der Waals surface area contributed by atoms with Gasteiger partial charge in [0.05, 0.1) is 0 Å². The molecule has 2 fully saturated rings. The van der Waals surface area contributed by atoms with Crippen molar-refractivity contribution >= 4 is 5.69 Å². The molecule has 3 rings (SSSR count). The smallest absolute Gasteiger partial charge is 0.0399 e. The second-order valence-electron chi connectivity index (χ2n) is 7.98. The molecule has 0 amide bonds. The monoisotopic (exact) mass is 287 g/mol. The average molecular weight is 287 g/mol. The van der Waals surface area contributed by atoms with Crippen LogP contribution in [-0.2, 0) is 0 Å². The van der Waals surface area contributed by atoms with Crippen molar-refractivity contribution < 1.29 is 0 Å². The third-order valence-corrected chi connectivity index (χ3v) is 5.46. The van der Waals surface area contributed by atoms with E-state index in [0.717, 1.165) is 5.69 Å². The fourth-order valence-corrected chi connectivity index (χ4v) is 3.88. The maximum absolute atomic E-state index is 4.31. The van der Waals surface area contributed by atoms with Crippen LogP contribution in [0.2, 0.25) is 0 Å². The highest BCUT2D eigenvalue weighted by Crippen LogP contribution is 2.43. The molecule has 116 valence electrons. The van der Waals surface area contributed by atoms with Gasteiger partial charge in [0.25, 0.3) is 0 Å². The zero-order chi connectivity index (χ0) is 15.1. The Labute approximate surface area is 129 Å². The molecule has 0 atom stereocenters. The Hall–Kier alpha value is -1.09. The van der Waals surface area contributed by atoms with E-state index in [1.807, 2.05) is 6.20 Å². The lowest BCUT2D eigenvalue weighted by atomic mass is 9.77. The predicted molar refractivity (Wildman–Crippen MR) is 88.8 cm³/mol.